The van der Waals surface area contributed by atoms with E-state index < -0.39 is 12.1 Å². The summed E-state index contributed by atoms with van der Waals surface area (Å²) in [6, 6.07) is 13.5. The van der Waals surface area contributed by atoms with Crippen molar-refractivity contribution in [2.24, 2.45) is 0 Å². The van der Waals surface area contributed by atoms with Crippen molar-refractivity contribution in [1.29, 1.82) is 0 Å². The molecule has 11 heteroatoms. The lowest BCUT2D eigenvalue weighted by Crippen LogP contribution is -2.36. The fourth-order valence-corrected chi connectivity index (χ4v) is 6.35. The van der Waals surface area contributed by atoms with Gasteiger partial charge in [-0.25, -0.2) is 0 Å². The normalized spacial score (nSPS) is 14.4. The molecule has 2 unspecified atom stereocenters. The minimum Gasteiger partial charge on any atom is -0.493 e. The highest BCUT2D eigenvalue weighted by Crippen LogP contribution is 2.50. The maximum atomic E-state index is 13.8. The smallest absolute Gasteiger partial charge is 0.246 e. The van der Waals surface area contributed by atoms with E-state index in [1.54, 1.807) is 45.2 Å². The van der Waals surface area contributed by atoms with Gasteiger partial charge in [0.15, 0.2) is 11.5 Å². The summed E-state index contributed by atoms with van der Waals surface area (Å²) < 4.78 is 17.2. The Morgan fingerprint density at radius 2 is 1.82 bits per heavy atom. The first kappa shape index (κ1) is 31.8. The third-order valence-electron chi connectivity index (χ3n) is 8.00. The maximum Gasteiger partial charge on any atom is 0.246 e. The van der Waals surface area contributed by atoms with Gasteiger partial charge in [0.1, 0.15) is 6.04 Å². The summed E-state index contributed by atoms with van der Waals surface area (Å²) in [6.45, 7) is 1.46. The maximum absolute atomic E-state index is 13.8. The average Bonchev–Trinajstić information content (AvgIpc) is 3.38. The van der Waals surface area contributed by atoms with Crippen molar-refractivity contribution in [2.45, 2.75) is 38.3 Å². The fourth-order valence-electron chi connectivity index (χ4n) is 5.87. The van der Waals surface area contributed by atoms with E-state index in [-0.39, 0.29) is 22.9 Å². The fraction of sp³-hybridized carbons (Fsp3) is 0.324. The van der Waals surface area contributed by atoms with E-state index in [0.29, 0.717) is 59.1 Å². The molecule has 5 rings (SSSR count). The van der Waals surface area contributed by atoms with Gasteiger partial charge in [0.05, 0.1) is 33.1 Å². The molecule has 0 saturated heterocycles. The van der Waals surface area contributed by atoms with Crippen LogP contribution in [0.5, 0.6) is 17.2 Å². The molecule has 1 heterocycles. The lowest BCUT2D eigenvalue weighted by molar-refractivity contribution is -0.120. The first-order chi connectivity index (χ1) is 21.8. The van der Waals surface area contributed by atoms with Crippen molar-refractivity contribution < 1.29 is 23.8 Å². The van der Waals surface area contributed by atoms with Crippen LogP contribution in [0, 0.1) is 0 Å². The molecule has 236 valence electrons. The zero-order chi connectivity index (χ0) is 32.1. The molecule has 1 aliphatic rings. The average molecular weight is 631 g/mol. The summed E-state index contributed by atoms with van der Waals surface area (Å²) in [5.41, 5.74) is 4.60. The van der Waals surface area contributed by atoms with E-state index in [9.17, 15) is 14.4 Å². The molecule has 0 radical (unpaired) electrons. The first-order valence-electron chi connectivity index (χ1n) is 14.7. The summed E-state index contributed by atoms with van der Waals surface area (Å²) in [7, 11) is 4.67. The molecule has 3 aromatic carbocycles. The van der Waals surface area contributed by atoms with Crippen molar-refractivity contribution in [3.8, 4) is 28.4 Å². The van der Waals surface area contributed by atoms with E-state index >= 15 is 0 Å². The Balaban J connectivity index is 1.58. The molecule has 1 aliphatic carbocycles. The lowest BCUT2D eigenvalue weighted by Gasteiger charge is -2.19. The number of hydrogen-bond donors (Lipinski definition) is 4. The third-order valence-corrected chi connectivity index (χ3v) is 8.64. The van der Waals surface area contributed by atoms with Crippen molar-refractivity contribution in [1.82, 2.24) is 10.3 Å². The number of carbonyl (C=O) groups excluding carboxylic acids is 2. The number of thioether (sulfide) groups is 1. The second kappa shape index (κ2) is 14.0. The number of hydrogen-bond acceptors (Lipinski definition) is 8. The number of benzene rings is 2. The number of fused-ring (bicyclic) bond motifs is 4. The van der Waals surface area contributed by atoms with Crippen LogP contribution in [0.25, 0.3) is 22.0 Å². The Morgan fingerprint density at radius 1 is 1.02 bits per heavy atom. The zero-order valence-corrected chi connectivity index (χ0v) is 26.9. The number of ether oxygens (including phenoxy) is 3. The number of H-pyrrole nitrogens is 1. The Morgan fingerprint density at radius 3 is 2.53 bits per heavy atom. The van der Waals surface area contributed by atoms with Crippen molar-refractivity contribution in [2.75, 3.05) is 44.0 Å². The predicted molar refractivity (Wildman–Crippen MR) is 180 cm³/mol. The summed E-state index contributed by atoms with van der Waals surface area (Å²) in [5.74, 6) is 1.69. The largest absolute Gasteiger partial charge is 0.493 e. The van der Waals surface area contributed by atoms with Gasteiger partial charge >= 0.3 is 0 Å². The van der Waals surface area contributed by atoms with Gasteiger partial charge in [-0.05, 0) is 89.7 Å². The van der Waals surface area contributed by atoms with E-state index in [1.807, 2.05) is 48.9 Å². The van der Waals surface area contributed by atoms with Crippen LogP contribution in [0.2, 0.25) is 0 Å². The Hall–Kier alpha value is -4.64. The molecule has 2 amide bonds. The molecule has 4 N–H and O–H groups in total. The van der Waals surface area contributed by atoms with Gasteiger partial charge < -0.3 is 35.1 Å². The van der Waals surface area contributed by atoms with Gasteiger partial charge in [0, 0.05) is 29.9 Å². The Labute approximate surface area is 266 Å². The minimum absolute atomic E-state index is 0.206. The van der Waals surface area contributed by atoms with Gasteiger partial charge in [-0.3, -0.25) is 14.4 Å². The SMILES string of the molecule is COc1cc2c(c(OC)c1OC)-c1ccc(NC(CCSC)C(=O)Nc3ccc4cc[nH]c4c3)c(=O)cc1C(NC(C)=O)CC2. The number of rotatable bonds is 11. The second-order valence-electron chi connectivity index (χ2n) is 10.8. The predicted octanol–water partition coefficient (Wildman–Crippen LogP) is 5.52. The minimum atomic E-state index is -0.677. The molecular formula is C34H38N4O6S. The van der Waals surface area contributed by atoms with E-state index in [0.717, 1.165) is 22.0 Å². The molecule has 0 fully saturated rings. The summed E-state index contributed by atoms with van der Waals surface area (Å²) in [5, 5.41) is 10.3. The number of nitrogens with one attached hydrogen (secondary N) is 4. The highest BCUT2D eigenvalue weighted by Gasteiger charge is 2.30. The monoisotopic (exact) mass is 630 g/mol. The van der Waals surface area contributed by atoms with Gasteiger partial charge in [-0.2, -0.15) is 11.8 Å². The van der Waals surface area contributed by atoms with E-state index in [2.05, 4.69) is 20.9 Å². The van der Waals surface area contributed by atoms with Gasteiger partial charge in [-0.1, -0.05) is 12.1 Å². The Bertz CT molecular complexity index is 1790. The molecule has 4 aromatic rings. The molecule has 2 atom stereocenters. The van der Waals surface area contributed by atoms with Gasteiger partial charge in [0.25, 0.3) is 0 Å². The van der Waals surface area contributed by atoms with Crippen LogP contribution in [0.1, 0.15) is 36.9 Å². The van der Waals surface area contributed by atoms with Crippen LogP contribution < -0.4 is 35.6 Å². The zero-order valence-electron chi connectivity index (χ0n) is 26.0. The highest BCUT2D eigenvalue weighted by atomic mass is 32.2. The van der Waals surface area contributed by atoms with Crippen molar-refractivity contribution in [3.05, 3.63) is 76.1 Å². The van der Waals surface area contributed by atoms with Crippen LogP contribution in [0.3, 0.4) is 0 Å². The second-order valence-corrected chi connectivity index (χ2v) is 11.8. The van der Waals surface area contributed by atoms with Crippen molar-refractivity contribution in [3.63, 3.8) is 0 Å². The van der Waals surface area contributed by atoms with E-state index in [4.69, 9.17) is 14.2 Å². The highest BCUT2D eigenvalue weighted by molar-refractivity contribution is 7.98. The molecule has 0 bridgehead atoms. The molecular weight excluding hydrogens is 592 g/mol. The van der Waals surface area contributed by atoms with Crippen LogP contribution in [0.15, 0.2) is 59.5 Å². The summed E-state index contributed by atoms with van der Waals surface area (Å²) in [6.07, 6.45) is 5.47. The number of amides is 2. The molecule has 0 spiro atoms. The number of carbonyl (C=O) groups is 2. The third kappa shape index (κ3) is 6.73. The molecule has 0 aliphatic heterocycles. The number of aromatic nitrogens is 1. The Kier molecular flexibility index (Phi) is 9.87. The standard InChI is InChI=1S/C34H38N4O6S/c1-19(39)36-25-10-7-21-16-30(42-2)32(43-3)33(44-4)31(21)23-9-11-26(29(40)18-24(23)25)38-27(13-15-45-5)34(41)37-22-8-6-20-12-14-35-28(20)17-22/h6,8-9,11-12,14,16-18,25,27,35H,7,10,13,15H2,1-5H3,(H,36,39)(H,37,41)(H,38,40). The number of aryl methyl sites for hydroxylation is 1. The summed E-state index contributed by atoms with van der Waals surface area (Å²) in [4.78, 5) is 42.8. The van der Waals surface area contributed by atoms with Crippen LogP contribution in [0.4, 0.5) is 11.4 Å². The van der Waals surface area contributed by atoms with Crippen LogP contribution >= 0.6 is 11.8 Å². The van der Waals surface area contributed by atoms with Gasteiger partial charge in [0.2, 0.25) is 23.0 Å². The van der Waals surface area contributed by atoms with E-state index in [1.165, 1.54) is 6.92 Å². The number of aromatic amines is 1. The molecule has 1 aromatic heterocycles. The topological polar surface area (TPSA) is 131 Å². The molecule has 45 heavy (non-hydrogen) atoms. The molecule has 0 saturated carbocycles. The quantitative estimate of drug-likeness (QED) is 0.171. The lowest BCUT2D eigenvalue weighted by atomic mass is 9.95. The summed E-state index contributed by atoms with van der Waals surface area (Å²) >= 11 is 1.62. The van der Waals surface area contributed by atoms with Crippen molar-refractivity contribution >= 4 is 45.9 Å². The number of methoxy groups -OCH3 is 3. The number of anilines is 2. The van der Waals surface area contributed by atoms with Crippen LogP contribution in [-0.4, -0.2) is 56.2 Å². The molecule has 10 nitrogen and oxygen atoms in total. The van der Waals surface area contributed by atoms with Crippen LogP contribution in [-0.2, 0) is 16.0 Å². The first-order valence-corrected chi connectivity index (χ1v) is 16.1. The van der Waals surface area contributed by atoms with Gasteiger partial charge in [-0.15, -0.1) is 0 Å².